The van der Waals surface area contributed by atoms with E-state index < -0.39 is 5.60 Å². The number of hydrogen-bond acceptors (Lipinski definition) is 2. The van der Waals surface area contributed by atoms with Crippen LogP contribution in [0.2, 0.25) is 5.02 Å². The van der Waals surface area contributed by atoms with Crippen molar-refractivity contribution in [1.82, 2.24) is 5.32 Å². The Balaban J connectivity index is 2.01. The van der Waals surface area contributed by atoms with Crippen molar-refractivity contribution >= 4 is 17.5 Å². The number of carbonyl (C=O) groups is 1. The van der Waals surface area contributed by atoms with E-state index in [2.05, 4.69) is 36.5 Å². The second-order valence-corrected chi connectivity index (χ2v) is 6.79. The minimum Gasteiger partial charge on any atom is -0.478 e. The summed E-state index contributed by atoms with van der Waals surface area (Å²) in [5.41, 5.74) is 1.37. The average Bonchev–Trinajstić information content (AvgIpc) is 2.56. The van der Waals surface area contributed by atoms with Gasteiger partial charge in [-0.05, 0) is 62.6 Å². The van der Waals surface area contributed by atoms with Crippen LogP contribution in [0.1, 0.15) is 44.9 Å². The molecule has 0 bridgehead atoms. The first-order chi connectivity index (χ1) is 11.3. The minimum atomic E-state index is -0.981. The van der Waals surface area contributed by atoms with Gasteiger partial charge in [0.15, 0.2) is 5.60 Å². The van der Waals surface area contributed by atoms with Gasteiger partial charge in [-0.1, -0.05) is 42.8 Å². The highest BCUT2D eigenvalue weighted by atomic mass is 35.5. The summed E-state index contributed by atoms with van der Waals surface area (Å²) >= 11 is 5.87. The average molecular weight is 346 g/mol. The van der Waals surface area contributed by atoms with Crippen molar-refractivity contribution in [2.75, 3.05) is 0 Å². The number of amides is 1. The van der Waals surface area contributed by atoms with Crippen LogP contribution in [0.15, 0.2) is 48.5 Å². The van der Waals surface area contributed by atoms with Crippen LogP contribution in [0.4, 0.5) is 0 Å². The number of nitrogens with one attached hydrogen (secondary N) is 1. The Hall–Kier alpha value is -2.00. The maximum Gasteiger partial charge on any atom is 0.264 e. The molecule has 1 amide bonds. The van der Waals surface area contributed by atoms with E-state index in [-0.39, 0.29) is 11.9 Å². The minimum absolute atomic E-state index is 0.0866. The summed E-state index contributed by atoms with van der Waals surface area (Å²) in [5, 5.41) is 3.65. The molecular weight excluding hydrogens is 322 g/mol. The summed E-state index contributed by atoms with van der Waals surface area (Å²) < 4.78 is 5.82. The molecule has 2 aromatic carbocycles. The van der Waals surface area contributed by atoms with Crippen molar-refractivity contribution in [2.24, 2.45) is 0 Å². The highest BCUT2D eigenvalue weighted by molar-refractivity contribution is 6.30. The molecule has 2 aromatic rings. The quantitative estimate of drug-likeness (QED) is 0.805. The van der Waals surface area contributed by atoms with Gasteiger partial charge >= 0.3 is 0 Å². The van der Waals surface area contributed by atoms with Crippen molar-refractivity contribution in [1.29, 1.82) is 0 Å². The van der Waals surface area contributed by atoms with Crippen LogP contribution in [-0.4, -0.2) is 11.5 Å². The molecule has 1 atom stereocenters. The van der Waals surface area contributed by atoms with Crippen LogP contribution in [0, 0.1) is 0 Å². The van der Waals surface area contributed by atoms with Crippen LogP contribution in [0.3, 0.4) is 0 Å². The van der Waals surface area contributed by atoms with Gasteiger partial charge < -0.3 is 10.1 Å². The fourth-order valence-corrected chi connectivity index (χ4v) is 2.47. The zero-order valence-corrected chi connectivity index (χ0v) is 15.4. The monoisotopic (exact) mass is 345 g/mol. The normalized spacial score (nSPS) is 12.5. The fraction of sp³-hybridized carbons (Fsp3) is 0.350. The standard InChI is InChI=1S/C20H24ClNO2/c1-5-15-6-8-16(9-7-15)14(2)22-19(23)20(3,4)24-18-12-10-17(21)11-13-18/h6-14H,5H2,1-4H3,(H,22,23)/t14-/m0/s1. The van der Waals surface area contributed by atoms with Gasteiger partial charge in [-0.3, -0.25) is 4.79 Å². The molecule has 0 radical (unpaired) electrons. The Morgan fingerprint density at radius 2 is 1.71 bits per heavy atom. The van der Waals surface area contributed by atoms with Gasteiger partial charge in [-0.15, -0.1) is 0 Å². The third-order valence-electron chi connectivity index (χ3n) is 3.97. The smallest absolute Gasteiger partial charge is 0.264 e. The Labute approximate surface area is 149 Å². The number of benzene rings is 2. The maximum absolute atomic E-state index is 12.6. The summed E-state index contributed by atoms with van der Waals surface area (Å²) in [5.74, 6) is 0.448. The molecule has 0 saturated carbocycles. The molecule has 0 aliphatic carbocycles. The van der Waals surface area contributed by atoms with Crippen molar-refractivity contribution in [3.63, 3.8) is 0 Å². The number of hydrogen-bond donors (Lipinski definition) is 1. The Kier molecular flexibility index (Phi) is 5.89. The lowest BCUT2D eigenvalue weighted by molar-refractivity contribution is -0.134. The Bertz CT molecular complexity index is 678. The predicted molar refractivity (Wildman–Crippen MR) is 98.5 cm³/mol. The SMILES string of the molecule is CCc1ccc([C@H](C)NC(=O)C(C)(C)Oc2ccc(Cl)cc2)cc1. The van der Waals surface area contributed by atoms with E-state index in [4.69, 9.17) is 16.3 Å². The van der Waals surface area contributed by atoms with Crippen molar-refractivity contribution in [3.8, 4) is 5.75 Å². The van der Waals surface area contributed by atoms with Gasteiger partial charge in [0, 0.05) is 5.02 Å². The molecule has 128 valence electrons. The number of halogens is 1. The first-order valence-electron chi connectivity index (χ1n) is 8.16. The van der Waals surface area contributed by atoms with Crippen molar-refractivity contribution in [2.45, 2.75) is 45.8 Å². The zero-order chi connectivity index (χ0) is 17.7. The largest absolute Gasteiger partial charge is 0.478 e. The van der Waals surface area contributed by atoms with Crippen molar-refractivity contribution < 1.29 is 9.53 Å². The van der Waals surface area contributed by atoms with Crippen LogP contribution in [0.5, 0.6) is 5.75 Å². The second kappa shape index (κ2) is 7.71. The van der Waals surface area contributed by atoms with Gasteiger partial charge in [0.25, 0.3) is 5.91 Å². The molecule has 2 rings (SSSR count). The van der Waals surface area contributed by atoms with E-state index in [0.29, 0.717) is 10.8 Å². The molecule has 0 unspecified atom stereocenters. The summed E-state index contributed by atoms with van der Waals surface area (Å²) in [7, 11) is 0. The van der Waals surface area contributed by atoms with E-state index in [1.807, 2.05) is 6.92 Å². The topological polar surface area (TPSA) is 38.3 Å². The highest BCUT2D eigenvalue weighted by Crippen LogP contribution is 2.22. The van der Waals surface area contributed by atoms with E-state index in [0.717, 1.165) is 12.0 Å². The molecule has 0 aliphatic heterocycles. The molecule has 0 spiro atoms. The molecule has 0 aliphatic rings. The van der Waals surface area contributed by atoms with Crippen LogP contribution in [0.25, 0.3) is 0 Å². The van der Waals surface area contributed by atoms with Gasteiger partial charge in [-0.2, -0.15) is 0 Å². The molecule has 0 saturated heterocycles. The summed E-state index contributed by atoms with van der Waals surface area (Å²) in [6.45, 7) is 7.60. The number of aryl methyl sites for hydroxylation is 1. The molecule has 0 aromatic heterocycles. The van der Waals surface area contributed by atoms with Crippen molar-refractivity contribution in [3.05, 3.63) is 64.7 Å². The van der Waals surface area contributed by atoms with E-state index in [9.17, 15) is 4.79 Å². The lowest BCUT2D eigenvalue weighted by Crippen LogP contribution is -2.47. The van der Waals surface area contributed by atoms with E-state index >= 15 is 0 Å². The molecule has 24 heavy (non-hydrogen) atoms. The van der Waals surface area contributed by atoms with Gasteiger partial charge in [-0.25, -0.2) is 0 Å². The number of ether oxygens (including phenoxy) is 1. The Morgan fingerprint density at radius 3 is 2.25 bits per heavy atom. The zero-order valence-electron chi connectivity index (χ0n) is 14.6. The predicted octanol–water partition coefficient (Wildman–Crippen LogP) is 4.94. The maximum atomic E-state index is 12.6. The summed E-state index contributed by atoms with van der Waals surface area (Å²) in [4.78, 5) is 12.6. The molecule has 4 heteroatoms. The lowest BCUT2D eigenvalue weighted by atomic mass is 10.0. The van der Waals surface area contributed by atoms with Gasteiger partial charge in [0.1, 0.15) is 5.75 Å². The molecule has 1 N–H and O–H groups in total. The number of rotatable bonds is 6. The Morgan fingerprint density at radius 1 is 1.12 bits per heavy atom. The molecular formula is C20H24ClNO2. The van der Waals surface area contributed by atoms with Crippen LogP contribution in [-0.2, 0) is 11.2 Å². The first-order valence-corrected chi connectivity index (χ1v) is 8.54. The van der Waals surface area contributed by atoms with Gasteiger partial charge in [0.2, 0.25) is 0 Å². The van der Waals surface area contributed by atoms with E-state index in [1.54, 1.807) is 38.1 Å². The third-order valence-corrected chi connectivity index (χ3v) is 4.22. The van der Waals surface area contributed by atoms with E-state index in [1.165, 1.54) is 5.56 Å². The summed E-state index contributed by atoms with van der Waals surface area (Å²) in [6.07, 6.45) is 1.00. The fourth-order valence-electron chi connectivity index (χ4n) is 2.34. The molecule has 3 nitrogen and oxygen atoms in total. The second-order valence-electron chi connectivity index (χ2n) is 6.36. The lowest BCUT2D eigenvalue weighted by Gasteiger charge is -2.27. The highest BCUT2D eigenvalue weighted by Gasteiger charge is 2.31. The van der Waals surface area contributed by atoms with Crippen LogP contribution < -0.4 is 10.1 Å². The summed E-state index contributed by atoms with van der Waals surface area (Å²) in [6, 6.07) is 15.2. The molecule has 0 fully saturated rings. The third kappa shape index (κ3) is 4.75. The van der Waals surface area contributed by atoms with Gasteiger partial charge in [0.05, 0.1) is 6.04 Å². The van der Waals surface area contributed by atoms with Crippen LogP contribution >= 0.6 is 11.6 Å². The number of carbonyl (C=O) groups excluding carboxylic acids is 1. The first kappa shape index (κ1) is 18.3. The molecule has 0 heterocycles.